The molecule has 0 spiro atoms. The van der Waals surface area contributed by atoms with Crippen molar-refractivity contribution in [3.63, 3.8) is 0 Å². The molecule has 154 valence electrons. The van der Waals surface area contributed by atoms with Gasteiger partial charge in [-0.1, -0.05) is 26.8 Å². The van der Waals surface area contributed by atoms with Gasteiger partial charge in [0.15, 0.2) is 0 Å². The lowest BCUT2D eigenvalue weighted by Crippen LogP contribution is -2.32. The van der Waals surface area contributed by atoms with E-state index >= 15 is 0 Å². The monoisotopic (exact) mass is 429 g/mol. The SMILES string of the molecule is CCC(O)CNS(=O)(=O)c1cc(S(=O)(=O)c2ccc(F)cc2)ccc1C(C)C. The molecule has 0 amide bonds. The van der Waals surface area contributed by atoms with E-state index < -0.39 is 31.8 Å². The summed E-state index contributed by atoms with van der Waals surface area (Å²) in [6, 6.07) is 8.23. The van der Waals surface area contributed by atoms with Crippen LogP contribution in [0.3, 0.4) is 0 Å². The van der Waals surface area contributed by atoms with Crippen molar-refractivity contribution >= 4 is 19.9 Å². The van der Waals surface area contributed by atoms with Crippen LogP contribution >= 0.6 is 0 Å². The van der Waals surface area contributed by atoms with Crippen molar-refractivity contribution in [2.75, 3.05) is 6.54 Å². The van der Waals surface area contributed by atoms with Gasteiger partial charge < -0.3 is 5.11 Å². The standard InChI is InChI=1S/C19H24FNO5S2/c1-4-15(22)12-21-28(25,26)19-11-17(9-10-18(19)13(2)3)27(23,24)16-7-5-14(20)6-8-16/h5-11,13,15,21-22H,4,12H2,1-3H3. The third kappa shape index (κ3) is 4.96. The van der Waals surface area contributed by atoms with E-state index in [2.05, 4.69) is 4.72 Å². The van der Waals surface area contributed by atoms with Gasteiger partial charge in [0.25, 0.3) is 0 Å². The Morgan fingerprint density at radius 3 is 2.11 bits per heavy atom. The Balaban J connectivity index is 2.55. The smallest absolute Gasteiger partial charge is 0.240 e. The van der Waals surface area contributed by atoms with E-state index in [-0.39, 0.29) is 27.1 Å². The number of sulfone groups is 1. The maximum absolute atomic E-state index is 13.1. The van der Waals surface area contributed by atoms with Crippen molar-refractivity contribution in [3.8, 4) is 0 Å². The van der Waals surface area contributed by atoms with Crippen molar-refractivity contribution in [3.05, 3.63) is 53.8 Å². The first kappa shape index (κ1) is 22.5. The summed E-state index contributed by atoms with van der Waals surface area (Å²) < 4.78 is 66.7. The highest BCUT2D eigenvalue weighted by Crippen LogP contribution is 2.29. The Hall–Kier alpha value is -1.81. The zero-order valence-corrected chi connectivity index (χ0v) is 17.5. The first-order valence-corrected chi connectivity index (χ1v) is 11.8. The lowest BCUT2D eigenvalue weighted by atomic mass is 10.0. The van der Waals surface area contributed by atoms with Crippen molar-refractivity contribution in [1.82, 2.24) is 4.72 Å². The van der Waals surface area contributed by atoms with Crippen molar-refractivity contribution in [2.24, 2.45) is 0 Å². The van der Waals surface area contributed by atoms with Crippen LogP contribution in [0.5, 0.6) is 0 Å². The number of aliphatic hydroxyl groups is 1. The van der Waals surface area contributed by atoms with Crippen LogP contribution in [0, 0.1) is 5.82 Å². The van der Waals surface area contributed by atoms with Crippen molar-refractivity contribution in [1.29, 1.82) is 0 Å². The van der Waals surface area contributed by atoms with Crippen LogP contribution in [0.4, 0.5) is 4.39 Å². The summed E-state index contributed by atoms with van der Waals surface area (Å²) in [5.41, 5.74) is 0.455. The molecule has 1 atom stereocenters. The lowest BCUT2D eigenvalue weighted by Gasteiger charge is -2.17. The Labute approximate surface area is 165 Å². The minimum Gasteiger partial charge on any atom is -0.392 e. The van der Waals surface area contributed by atoms with E-state index in [0.717, 1.165) is 30.3 Å². The van der Waals surface area contributed by atoms with E-state index in [4.69, 9.17) is 0 Å². The van der Waals surface area contributed by atoms with Gasteiger partial charge in [0.05, 0.1) is 20.8 Å². The number of sulfonamides is 1. The molecule has 0 saturated carbocycles. The number of rotatable bonds is 8. The van der Waals surface area contributed by atoms with Crippen molar-refractivity contribution in [2.45, 2.75) is 53.9 Å². The van der Waals surface area contributed by atoms with Crippen LogP contribution in [0.2, 0.25) is 0 Å². The van der Waals surface area contributed by atoms with Crippen LogP contribution in [-0.2, 0) is 19.9 Å². The van der Waals surface area contributed by atoms with Gasteiger partial charge in [-0.2, -0.15) is 0 Å². The number of hydrogen-bond donors (Lipinski definition) is 2. The highest BCUT2D eigenvalue weighted by molar-refractivity contribution is 7.91. The second kappa shape index (κ2) is 8.69. The van der Waals surface area contributed by atoms with Crippen LogP contribution < -0.4 is 4.72 Å². The summed E-state index contributed by atoms with van der Waals surface area (Å²) >= 11 is 0. The highest BCUT2D eigenvalue weighted by atomic mass is 32.2. The molecule has 0 fully saturated rings. The molecule has 0 aliphatic carbocycles. The van der Waals surface area contributed by atoms with Crippen LogP contribution in [0.25, 0.3) is 0 Å². The number of hydrogen-bond acceptors (Lipinski definition) is 5. The molecule has 0 aliphatic rings. The predicted octanol–water partition coefficient (Wildman–Crippen LogP) is 2.83. The second-order valence-corrected chi connectivity index (χ2v) is 10.4. The van der Waals surface area contributed by atoms with Gasteiger partial charge in [0.1, 0.15) is 5.82 Å². The average molecular weight is 430 g/mol. The predicted molar refractivity (Wildman–Crippen MR) is 104 cm³/mol. The molecular weight excluding hydrogens is 405 g/mol. The molecular formula is C19H24FNO5S2. The quantitative estimate of drug-likeness (QED) is 0.629. The van der Waals surface area contributed by atoms with Crippen molar-refractivity contribution < 1.29 is 26.3 Å². The molecule has 2 rings (SSSR count). The Kier molecular flexibility index (Phi) is 6.97. The molecule has 0 bridgehead atoms. The van der Waals surface area contributed by atoms with E-state index in [9.17, 15) is 26.3 Å². The number of nitrogens with one attached hydrogen (secondary N) is 1. The molecule has 2 aromatic rings. The van der Waals surface area contributed by atoms with Crippen LogP contribution in [0.1, 0.15) is 38.7 Å². The van der Waals surface area contributed by atoms with E-state index in [1.165, 1.54) is 12.1 Å². The lowest BCUT2D eigenvalue weighted by molar-refractivity contribution is 0.174. The third-order valence-electron chi connectivity index (χ3n) is 4.31. The van der Waals surface area contributed by atoms with E-state index in [1.807, 2.05) is 0 Å². The maximum Gasteiger partial charge on any atom is 0.240 e. The van der Waals surface area contributed by atoms with Gasteiger partial charge in [-0.25, -0.2) is 25.9 Å². The fourth-order valence-corrected chi connectivity index (χ4v) is 5.39. The molecule has 2 N–H and O–H groups in total. The molecule has 0 aliphatic heterocycles. The minimum absolute atomic E-state index is 0.135. The molecule has 0 heterocycles. The molecule has 0 radical (unpaired) electrons. The number of halogens is 1. The summed E-state index contributed by atoms with van der Waals surface area (Å²) in [5.74, 6) is -0.749. The topological polar surface area (TPSA) is 101 Å². The average Bonchev–Trinajstić information content (AvgIpc) is 2.65. The molecule has 9 heteroatoms. The van der Waals surface area contributed by atoms with Gasteiger partial charge in [0, 0.05) is 6.54 Å². The van der Waals surface area contributed by atoms with Crippen LogP contribution in [-0.4, -0.2) is 34.6 Å². The van der Waals surface area contributed by atoms with E-state index in [0.29, 0.717) is 12.0 Å². The van der Waals surface area contributed by atoms with Gasteiger partial charge in [-0.15, -0.1) is 0 Å². The third-order valence-corrected chi connectivity index (χ3v) is 7.56. The molecule has 28 heavy (non-hydrogen) atoms. The zero-order chi connectivity index (χ0) is 21.1. The van der Waals surface area contributed by atoms with Gasteiger partial charge >= 0.3 is 0 Å². The summed E-state index contributed by atoms with van der Waals surface area (Å²) in [6.07, 6.45) is -0.471. The van der Waals surface area contributed by atoms with Gasteiger partial charge in [0.2, 0.25) is 19.9 Å². The zero-order valence-electron chi connectivity index (χ0n) is 15.9. The molecule has 0 saturated heterocycles. The molecule has 0 aromatic heterocycles. The minimum atomic E-state index is -4.05. The first-order chi connectivity index (χ1) is 13.0. The van der Waals surface area contributed by atoms with E-state index in [1.54, 1.807) is 20.8 Å². The molecule has 6 nitrogen and oxygen atoms in total. The Bertz CT molecular complexity index is 1030. The Morgan fingerprint density at radius 1 is 1.00 bits per heavy atom. The summed E-state index contributed by atoms with van der Waals surface area (Å²) in [6.45, 7) is 5.13. The van der Waals surface area contributed by atoms with Gasteiger partial charge in [-0.05, 0) is 54.3 Å². The first-order valence-electron chi connectivity index (χ1n) is 8.81. The largest absolute Gasteiger partial charge is 0.392 e. The summed E-state index contributed by atoms with van der Waals surface area (Å²) in [7, 11) is -8.07. The maximum atomic E-state index is 13.1. The highest BCUT2D eigenvalue weighted by Gasteiger charge is 2.25. The summed E-state index contributed by atoms with van der Waals surface area (Å²) in [5, 5.41) is 9.65. The normalized spacial score (nSPS) is 13.6. The fourth-order valence-electron chi connectivity index (χ4n) is 2.57. The number of aliphatic hydroxyl groups excluding tert-OH is 1. The fraction of sp³-hybridized carbons (Fsp3) is 0.368. The Morgan fingerprint density at radius 2 is 1.57 bits per heavy atom. The molecule has 2 aromatic carbocycles. The van der Waals surface area contributed by atoms with Crippen LogP contribution in [0.15, 0.2) is 57.2 Å². The second-order valence-electron chi connectivity index (χ2n) is 6.73. The van der Waals surface area contributed by atoms with Gasteiger partial charge in [-0.3, -0.25) is 0 Å². The summed E-state index contributed by atoms with van der Waals surface area (Å²) in [4.78, 5) is -0.502. The number of benzene rings is 2. The molecule has 1 unspecified atom stereocenters.